The Kier molecular flexibility index (Phi) is 3.71. The summed E-state index contributed by atoms with van der Waals surface area (Å²) in [6.45, 7) is 0.164. The summed E-state index contributed by atoms with van der Waals surface area (Å²) in [6.07, 6.45) is 0. The van der Waals surface area contributed by atoms with E-state index in [-0.39, 0.29) is 18.3 Å². The Hall–Kier alpha value is -1.09. The van der Waals surface area contributed by atoms with Crippen molar-refractivity contribution >= 4 is 17.6 Å². The Bertz CT molecular complexity index is 284. The van der Waals surface area contributed by atoms with Gasteiger partial charge in [-0.1, -0.05) is 0 Å². The normalized spacial score (nSPS) is 9.69. The van der Waals surface area contributed by atoms with E-state index in [9.17, 15) is 9.18 Å². The monoisotopic (exact) mass is 202 g/mol. The average molecular weight is 203 g/mol. The van der Waals surface area contributed by atoms with Crippen molar-refractivity contribution in [2.75, 3.05) is 12.5 Å². The van der Waals surface area contributed by atoms with E-state index in [1.165, 1.54) is 24.3 Å². The first-order chi connectivity index (χ1) is 6.24. The lowest BCUT2D eigenvalue weighted by Gasteiger charge is -2.01. The molecule has 13 heavy (non-hydrogen) atoms. The molecule has 0 radical (unpaired) electrons. The van der Waals surface area contributed by atoms with Gasteiger partial charge < -0.3 is 4.74 Å². The molecule has 70 valence electrons. The predicted molar refractivity (Wildman–Crippen MR) is 47.4 cm³/mol. The highest BCUT2D eigenvalue weighted by molar-refractivity contribution is 6.18. The van der Waals surface area contributed by atoms with E-state index >= 15 is 0 Å². The van der Waals surface area contributed by atoms with E-state index in [2.05, 4.69) is 0 Å². The lowest BCUT2D eigenvalue weighted by molar-refractivity contribution is 0.0529. The fraction of sp³-hybridized carbons (Fsp3) is 0.222. The van der Waals surface area contributed by atoms with Gasteiger partial charge in [-0.05, 0) is 24.3 Å². The fourth-order valence-electron chi connectivity index (χ4n) is 0.801. The quantitative estimate of drug-likeness (QED) is 0.555. The maximum Gasteiger partial charge on any atom is 0.338 e. The predicted octanol–water partition coefficient (Wildman–Crippen LogP) is 2.22. The van der Waals surface area contributed by atoms with Crippen molar-refractivity contribution in [2.24, 2.45) is 0 Å². The van der Waals surface area contributed by atoms with Gasteiger partial charge in [0.25, 0.3) is 0 Å². The molecule has 0 unspecified atom stereocenters. The number of esters is 1. The summed E-state index contributed by atoms with van der Waals surface area (Å²) in [7, 11) is 0. The number of hydrogen-bond acceptors (Lipinski definition) is 2. The zero-order valence-corrected chi connectivity index (χ0v) is 7.55. The summed E-state index contributed by atoms with van der Waals surface area (Å²) < 4.78 is 17.2. The molecular weight excluding hydrogens is 195 g/mol. The van der Waals surface area contributed by atoms with E-state index < -0.39 is 5.97 Å². The van der Waals surface area contributed by atoms with Crippen molar-refractivity contribution in [3.63, 3.8) is 0 Å². The highest BCUT2D eigenvalue weighted by Crippen LogP contribution is 2.04. The molecule has 0 aliphatic rings. The van der Waals surface area contributed by atoms with Gasteiger partial charge in [0.15, 0.2) is 0 Å². The third kappa shape index (κ3) is 3.03. The molecule has 0 saturated heterocycles. The third-order valence-corrected chi connectivity index (χ3v) is 1.54. The minimum atomic E-state index is -0.486. The number of alkyl halides is 1. The van der Waals surface area contributed by atoms with Crippen LogP contribution in [0.1, 0.15) is 10.4 Å². The Morgan fingerprint density at radius 2 is 2.00 bits per heavy atom. The number of rotatable bonds is 3. The van der Waals surface area contributed by atoms with Gasteiger partial charge in [-0.25, -0.2) is 9.18 Å². The van der Waals surface area contributed by atoms with Crippen molar-refractivity contribution in [2.45, 2.75) is 0 Å². The molecule has 1 rings (SSSR count). The summed E-state index contributed by atoms with van der Waals surface area (Å²) in [6, 6.07) is 5.15. The van der Waals surface area contributed by atoms with Gasteiger partial charge in [0.2, 0.25) is 0 Å². The third-order valence-electron chi connectivity index (χ3n) is 1.39. The molecule has 0 saturated carbocycles. The topological polar surface area (TPSA) is 26.3 Å². The Morgan fingerprint density at radius 1 is 1.38 bits per heavy atom. The first-order valence-electron chi connectivity index (χ1n) is 3.72. The van der Waals surface area contributed by atoms with Crippen LogP contribution in [-0.2, 0) is 4.74 Å². The number of halogens is 2. The lowest BCUT2D eigenvalue weighted by atomic mass is 10.2. The van der Waals surface area contributed by atoms with Gasteiger partial charge in [0.05, 0.1) is 11.4 Å². The molecule has 0 fully saturated rings. The number of benzene rings is 1. The van der Waals surface area contributed by atoms with Crippen LogP contribution in [0.5, 0.6) is 0 Å². The second kappa shape index (κ2) is 4.82. The number of carbonyl (C=O) groups excluding carboxylic acids is 1. The van der Waals surface area contributed by atoms with Crippen molar-refractivity contribution in [1.82, 2.24) is 0 Å². The molecule has 0 N–H and O–H groups in total. The Morgan fingerprint density at radius 3 is 2.54 bits per heavy atom. The molecule has 0 amide bonds. The molecule has 4 heteroatoms. The lowest BCUT2D eigenvalue weighted by Crippen LogP contribution is -2.06. The summed E-state index contributed by atoms with van der Waals surface area (Å²) in [5, 5.41) is 0. The van der Waals surface area contributed by atoms with E-state index in [1.807, 2.05) is 0 Å². The van der Waals surface area contributed by atoms with E-state index in [4.69, 9.17) is 16.3 Å². The highest BCUT2D eigenvalue weighted by atomic mass is 35.5. The average Bonchev–Trinajstić information content (AvgIpc) is 2.15. The van der Waals surface area contributed by atoms with Crippen molar-refractivity contribution in [3.05, 3.63) is 35.6 Å². The molecule has 0 atom stereocenters. The van der Waals surface area contributed by atoms with Crippen LogP contribution in [0.4, 0.5) is 4.39 Å². The number of hydrogen-bond donors (Lipinski definition) is 0. The van der Waals surface area contributed by atoms with Crippen LogP contribution < -0.4 is 0 Å². The van der Waals surface area contributed by atoms with Crippen LogP contribution in [0.15, 0.2) is 24.3 Å². The second-order valence-corrected chi connectivity index (χ2v) is 2.71. The molecular formula is C9H8ClFO2. The standard InChI is InChI=1S/C9H8ClFO2/c10-5-6-13-9(12)7-1-3-8(11)4-2-7/h1-4H,5-6H2. The molecule has 0 aliphatic heterocycles. The zero-order chi connectivity index (χ0) is 9.68. The van der Waals surface area contributed by atoms with Gasteiger partial charge >= 0.3 is 5.97 Å². The second-order valence-electron chi connectivity index (χ2n) is 2.33. The van der Waals surface area contributed by atoms with Crippen LogP contribution in [-0.4, -0.2) is 18.5 Å². The fourth-order valence-corrected chi connectivity index (χ4v) is 0.878. The molecule has 1 aromatic carbocycles. The maximum absolute atomic E-state index is 12.4. The molecule has 2 nitrogen and oxygen atoms in total. The molecule has 0 aliphatic carbocycles. The number of carbonyl (C=O) groups is 1. The van der Waals surface area contributed by atoms with Crippen molar-refractivity contribution < 1.29 is 13.9 Å². The molecule has 0 aromatic heterocycles. The van der Waals surface area contributed by atoms with E-state index in [1.54, 1.807) is 0 Å². The van der Waals surface area contributed by atoms with Crippen LogP contribution >= 0.6 is 11.6 Å². The molecule has 0 bridgehead atoms. The van der Waals surface area contributed by atoms with Gasteiger partial charge in [-0.2, -0.15) is 0 Å². The minimum absolute atomic E-state index is 0.164. The summed E-state index contributed by atoms with van der Waals surface area (Å²) in [4.78, 5) is 11.1. The van der Waals surface area contributed by atoms with Gasteiger partial charge in [-0.15, -0.1) is 11.6 Å². The zero-order valence-electron chi connectivity index (χ0n) is 6.80. The Balaban J connectivity index is 2.61. The van der Waals surface area contributed by atoms with Crippen LogP contribution in [0, 0.1) is 5.82 Å². The van der Waals surface area contributed by atoms with E-state index in [0.717, 1.165) is 0 Å². The minimum Gasteiger partial charge on any atom is -0.461 e. The van der Waals surface area contributed by atoms with Crippen molar-refractivity contribution in [3.8, 4) is 0 Å². The smallest absolute Gasteiger partial charge is 0.338 e. The first-order valence-corrected chi connectivity index (χ1v) is 4.26. The molecule has 0 heterocycles. The van der Waals surface area contributed by atoms with E-state index in [0.29, 0.717) is 5.56 Å². The van der Waals surface area contributed by atoms with Gasteiger partial charge in [-0.3, -0.25) is 0 Å². The SMILES string of the molecule is O=C(OCCCl)c1ccc(F)cc1. The summed E-state index contributed by atoms with van der Waals surface area (Å²) in [5.74, 6) is -0.609. The Labute approximate surface area is 80.3 Å². The van der Waals surface area contributed by atoms with Gasteiger partial charge in [0, 0.05) is 0 Å². The summed E-state index contributed by atoms with van der Waals surface area (Å²) >= 11 is 5.32. The largest absolute Gasteiger partial charge is 0.461 e. The van der Waals surface area contributed by atoms with Gasteiger partial charge in [0.1, 0.15) is 12.4 Å². The molecule has 1 aromatic rings. The van der Waals surface area contributed by atoms with Crippen LogP contribution in [0.2, 0.25) is 0 Å². The van der Waals surface area contributed by atoms with Crippen molar-refractivity contribution in [1.29, 1.82) is 0 Å². The maximum atomic E-state index is 12.4. The summed E-state index contributed by atoms with van der Waals surface area (Å²) in [5.41, 5.74) is 0.325. The number of ether oxygens (including phenoxy) is 1. The van der Waals surface area contributed by atoms with Crippen LogP contribution in [0.25, 0.3) is 0 Å². The van der Waals surface area contributed by atoms with Crippen LogP contribution in [0.3, 0.4) is 0 Å². The first kappa shape index (κ1) is 9.99. The highest BCUT2D eigenvalue weighted by Gasteiger charge is 2.05. The molecule has 0 spiro atoms.